The summed E-state index contributed by atoms with van der Waals surface area (Å²) >= 11 is 0. The van der Waals surface area contributed by atoms with E-state index in [1.165, 1.54) is 0 Å². The molecular formula is C11H10F6O4. The number of rotatable bonds is 3. The molecule has 0 aliphatic heterocycles. The van der Waals surface area contributed by atoms with Crippen molar-refractivity contribution in [3.05, 3.63) is 11.9 Å². The van der Waals surface area contributed by atoms with Gasteiger partial charge in [-0.05, 0) is 5.92 Å². The number of hydrogen-bond acceptors (Lipinski definition) is 2. The molecule has 0 spiro atoms. The lowest BCUT2D eigenvalue weighted by Crippen LogP contribution is -2.77. The van der Waals surface area contributed by atoms with Gasteiger partial charge in [-0.3, -0.25) is 0 Å². The molecule has 120 valence electrons. The lowest BCUT2D eigenvalue weighted by molar-refractivity contribution is -0.256. The van der Waals surface area contributed by atoms with Crippen LogP contribution in [0.3, 0.4) is 0 Å². The quantitative estimate of drug-likeness (QED) is 0.783. The lowest BCUT2D eigenvalue weighted by Gasteiger charge is -2.49. The van der Waals surface area contributed by atoms with Gasteiger partial charge in [0.15, 0.2) is 5.83 Å². The highest BCUT2D eigenvalue weighted by molar-refractivity contribution is 5.95. The summed E-state index contributed by atoms with van der Waals surface area (Å²) in [5.74, 6) is -16.6. The molecule has 0 saturated carbocycles. The fourth-order valence-electron chi connectivity index (χ4n) is 2.30. The maximum Gasteiger partial charge on any atom is 0.349 e. The van der Waals surface area contributed by atoms with E-state index in [9.17, 15) is 35.9 Å². The molecule has 1 aliphatic carbocycles. The van der Waals surface area contributed by atoms with Crippen LogP contribution in [0.2, 0.25) is 0 Å². The summed E-state index contributed by atoms with van der Waals surface area (Å²) in [6.45, 7) is 1.10. The van der Waals surface area contributed by atoms with Crippen molar-refractivity contribution in [2.45, 2.75) is 36.8 Å². The zero-order valence-electron chi connectivity index (χ0n) is 10.6. The van der Waals surface area contributed by atoms with Crippen molar-refractivity contribution in [2.24, 2.45) is 5.92 Å². The van der Waals surface area contributed by atoms with Crippen LogP contribution in [0.5, 0.6) is 0 Å². The fourth-order valence-corrected chi connectivity index (χ4v) is 2.30. The van der Waals surface area contributed by atoms with E-state index in [2.05, 4.69) is 0 Å². The number of carbonyl (C=O) groups is 2. The Morgan fingerprint density at radius 3 is 1.76 bits per heavy atom. The van der Waals surface area contributed by atoms with E-state index in [0.717, 1.165) is 0 Å². The highest BCUT2D eigenvalue weighted by Gasteiger charge is 2.86. The molecule has 0 radical (unpaired) electrons. The second-order valence-corrected chi connectivity index (χ2v) is 4.91. The first-order valence-electron chi connectivity index (χ1n) is 5.51. The van der Waals surface area contributed by atoms with Gasteiger partial charge in [-0.25, -0.2) is 27.2 Å². The summed E-state index contributed by atoms with van der Waals surface area (Å²) in [6, 6.07) is 0. The molecule has 1 rings (SSSR count). The van der Waals surface area contributed by atoms with E-state index < -0.39 is 52.7 Å². The van der Waals surface area contributed by atoms with Crippen molar-refractivity contribution in [1.29, 1.82) is 0 Å². The van der Waals surface area contributed by atoms with Gasteiger partial charge in [0, 0.05) is 6.08 Å². The van der Waals surface area contributed by atoms with Crippen LogP contribution in [-0.4, -0.2) is 45.1 Å². The minimum atomic E-state index is -5.36. The maximum absolute atomic E-state index is 14.6. The first-order valence-corrected chi connectivity index (χ1v) is 5.51. The van der Waals surface area contributed by atoms with Gasteiger partial charge in [-0.15, -0.1) is 0 Å². The number of aliphatic carboxylic acids is 2. The molecule has 0 bridgehead atoms. The van der Waals surface area contributed by atoms with Crippen molar-refractivity contribution in [2.75, 3.05) is 0 Å². The second-order valence-electron chi connectivity index (χ2n) is 4.91. The van der Waals surface area contributed by atoms with Crippen LogP contribution < -0.4 is 0 Å². The van der Waals surface area contributed by atoms with Crippen LogP contribution >= 0.6 is 0 Å². The van der Waals surface area contributed by atoms with Gasteiger partial charge in [0.1, 0.15) is 0 Å². The molecule has 0 saturated heterocycles. The standard InChI is InChI=1S/C11H10F6O4/c1-4(2)9(14)10(15,7(20)21)8(13,6(18)19)3-5(12)11(9,16)17/h3-4H,1-2H3,(H,18,19)(H,20,21). The van der Waals surface area contributed by atoms with Gasteiger partial charge in [-0.1, -0.05) is 13.8 Å². The molecule has 0 heterocycles. The van der Waals surface area contributed by atoms with Gasteiger partial charge in [0.05, 0.1) is 0 Å². The third-order valence-electron chi connectivity index (χ3n) is 3.49. The lowest BCUT2D eigenvalue weighted by atomic mass is 9.62. The predicted molar refractivity (Wildman–Crippen MR) is 55.8 cm³/mol. The molecule has 10 heteroatoms. The number of halogens is 6. The Hall–Kier alpha value is -1.74. The van der Waals surface area contributed by atoms with Crippen molar-refractivity contribution in [3.8, 4) is 0 Å². The van der Waals surface area contributed by atoms with Gasteiger partial charge >= 0.3 is 17.9 Å². The largest absolute Gasteiger partial charge is 0.479 e. The molecular weight excluding hydrogens is 310 g/mol. The summed E-state index contributed by atoms with van der Waals surface area (Å²) in [5.41, 5.74) is -15.0. The highest BCUT2D eigenvalue weighted by Crippen LogP contribution is 2.60. The number of alkyl halides is 5. The second kappa shape index (κ2) is 4.38. The van der Waals surface area contributed by atoms with E-state index in [1.807, 2.05) is 0 Å². The third kappa shape index (κ3) is 1.64. The van der Waals surface area contributed by atoms with Crippen LogP contribution in [0.15, 0.2) is 11.9 Å². The Bertz CT molecular complexity index is 533. The number of carboxylic acid groups (broad SMARTS) is 2. The van der Waals surface area contributed by atoms with Crippen LogP contribution in [-0.2, 0) is 9.59 Å². The average molecular weight is 320 g/mol. The summed E-state index contributed by atoms with van der Waals surface area (Å²) < 4.78 is 84.0. The topological polar surface area (TPSA) is 74.6 Å². The number of carboxylic acids is 2. The molecule has 4 nitrogen and oxygen atoms in total. The molecule has 3 unspecified atom stereocenters. The first kappa shape index (κ1) is 17.3. The molecule has 0 aromatic carbocycles. The highest BCUT2D eigenvalue weighted by atomic mass is 19.3. The van der Waals surface area contributed by atoms with Crippen LogP contribution in [0.1, 0.15) is 13.8 Å². The van der Waals surface area contributed by atoms with Crippen molar-refractivity contribution in [3.63, 3.8) is 0 Å². The van der Waals surface area contributed by atoms with Gasteiger partial charge in [0.25, 0.3) is 11.3 Å². The van der Waals surface area contributed by atoms with Gasteiger partial charge in [0.2, 0.25) is 5.67 Å². The van der Waals surface area contributed by atoms with Crippen LogP contribution in [0, 0.1) is 5.92 Å². The van der Waals surface area contributed by atoms with Crippen LogP contribution in [0.4, 0.5) is 26.3 Å². The van der Waals surface area contributed by atoms with Crippen LogP contribution in [0.25, 0.3) is 0 Å². The van der Waals surface area contributed by atoms with E-state index in [-0.39, 0.29) is 0 Å². The van der Waals surface area contributed by atoms with E-state index in [0.29, 0.717) is 13.8 Å². The minimum Gasteiger partial charge on any atom is -0.479 e. The Balaban J connectivity index is 3.97. The van der Waals surface area contributed by atoms with Gasteiger partial charge in [-0.2, -0.15) is 8.78 Å². The first-order chi connectivity index (χ1) is 9.21. The van der Waals surface area contributed by atoms with E-state index in [1.54, 1.807) is 0 Å². The minimum absolute atomic E-state index is 0.548. The summed E-state index contributed by atoms with van der Waals surface area (Å²) in [5, 5.41) is 17.3. The summed E-state index contributed by atoms with van der Waals surface area (Å²) in [4.78, 5) is 21.7. The van der Waals surface area contributed by atoms with E-state index in [4.69, 9.17) is 10.2 Å². The molecule has 0 aromatic heterocycles. The molecule has 0 amide bonds. The van der Waals surface area contributed by atoms with Crippen molar-refractivity contribution in [1.82, 2.24) is 0 Å². The van der Waals surface area contributed by atoms with Gasteiger partial charge < -0.3 is 10.2 Å². The van der Waals surface area contributed by atoms with Crippen molar-refractivity contribution < 1.29 is 46.1 Å². The summed E-state index contributed by atoms with van der Waals surface area (Å²) in [7, 11) is 0. The Morgan fingerprint density at radius 1 is 1.05 bits per heavy atom. The normalized spacial score (nSPS) is 39.0. The Kier molecular flexibility index (Phi) is 3.61. The molecule has 1 aliphatic rings. The molecule has 0 aromatic rings. The maximum atomic E-state index is 14.6. The SMILES string of the molecule is CC(C)C1(F)C(F)(F)C(F)=CC(F)(C(=O)O)C1(F)C(=O)O. The zero-order chi connectivity index (χ0) is 17.0. The Morgan fingerprint density at radius 2 is 1.48 bits per heavy atom. The van der Waals surface area contributed by atoms with E-state index >= 15 is 0 Å². The number of allylic oxidation sites excluding steroid dienone is 1. The Labute approximate surface area is 114 Å². The average Bonchev–Trinajstić information content (AvgIpc) is 2.33. The summed E-state index contributed by atoms with van der Waals surface area (Å²) in [6.07, 6.45) is -1.05. The zero-order valence-corrected chi connectivity index (χ0v) is 10.6. The predicted octanol–water partition coefficient (Wildman–Crippen LogP) is 2.44. The third-order valence-corrected chi connectivity index (χ3v) is 3.49. The molecule has 0 fully saturated rings. The molecule has 3 atom stereocenters. The monoisotopic (exact) mass is 320 g/mol. The molecule has 2 N–H and O–H groups in total. The number of hydrogen-bond donors (Lipinski definition) is 2. The van der Waals surface area contributed by atoms with Crippen molar-refractivity contribution >= 4 is 11.9 Å². The smallest absolute Gasteiger partial charge is 0.349 e. The molecule has 21 heavy (non-hydrogen) atoms. The fraction of sp³-hybridized carbons (Fsp3) is 0.636.